The fraction of sp³-hybridized carbons (Fsp3) is 0.500. The molecule has 3 rings (SSSR count). The summed E-state index contributed by atoms with van der Waals surface area (Å²) < 4.78 is 8.69. The molecule has 1 saturated heterocycles. The molecular weight excluding hydrogens is 244 g/mol. The van der Waals surface area contributed by atoms with Crippen molar-refractivity contribution in [3.8, 4) is 0 Å². The number of rotatable bonds is 2. The highest BCUT2D eigenvalue weighted by Crippen LogP contribution is 2.25. The van der Waals surface area contributed by atoms with Gasteiger partial charge in [0.25, 0.3) is 0 Å². The summed E-state index contributed by atoms with van der Waals surface area (Å²) in [6.07, 6.45) is 1.46. The minimum atomic E-state index is 0.334. The molecule has 0 amide bonds. The van der Waals surface area contributed by atoms with Crippen LogP contribution in [0.25, 0.3) is 11.0 Å². The Balaban J connectivity index is 2.06. The van der Waals surface area contributed by atoms with Crippen molar-refractivity contribution in [3.05, 3.63) is 28.5 Å². The van der Waals surface area contributed by atoms with Crippen LogP contribution in [0.2, 0.25) is 0 Å². The van der Waals surface area contributed by atoms with Gasteiger partial charge in [-0.2, -0.15) is 0 Å². The normalized spacial score (nSPS) is 23.9. The van der Waals surface area contributed by atoms with E-state index in [0.717, 1.165) is 29.9 Å². The molecule has 0 aliphatic carbocycles. The van der Waals surface area contributed by atoms with Crippen LogP contribution >= 0.6 is 12.2 Å². The van der Waals surface area contributed by atoms with Gasteiger partial charge in [0, 0.05) is 19.1 Å². The second-order valence-electron chi connectivity index (χ2n) is 5.14. The van der Waals surface area contributed by atoms with E-state index in [1.807, 2.05) is 0 Å². The summed E-state index contributed by atoms with van der Waals surface area (Å²) in [7, 11) is 0. The molecule has 2 atom stereocenters. The first-order valence-corrected chi connectivity index (χ1v) is 6.87. The molecule has 1 aliphatic rings. The fourth-order valence-corrected chi connectivity index (χ4v) is 3.10. The Bertz CT molecular complexity index is 628. The van der Waals surface area contributed by atoms with E-state index in [1.165, 1.54) is 11.1 Å². The van der Waals surface area contributed by atoms with Gasteiger partial charge < -0.3 is 14.3 Å². The van der Waals surface area contributed by atoms with Crippen molar-refractivity contribution in [2.75, 3.05) is 6.61 Å². The number of ether oxygens (including phenoxy) is 1. The molecule has 0 bridgehead atoms. The first-order valence-electron chi connectivity index (χ1n) is 6.46. The standard InChI is InChI=1S/C14H18N2OS/c1-9-4-3-5-12-13(9)16(14(18)15-12)8-11-6-7-17-10(11)2/h3-5,10-11H,6-8H2,1-2H3,(H,15,18). The predicted octanol–water partition coefficient (Wildman–Crippen LogP) is 3.43. The van der Waals surface area contributed by atoms with Crippen LogP contribution in [-0.4, -0.2) is 22.3 Å². The van der Waals surface area contributed by atoms with Crippen LogP contribution in [0.1, 0.15) is 18.9 Å². The minimum Gasteiger partial charge on any atom is -0.378 e. The lowest BCUT2D eigenvalue weighted by atomic mass is 10.0. The van der Waals surface area contributed by atoms with Crippen molar-refractivity contribution in [2.24, 2.45) is 5.92 Å². The molecule has 1 aromatic carbocycles. The molecule has 2 heterocycles. The molecule has 0 spiro atoms. The van der Waals surface area contributed by atoms with Crippen LogP contribution in [-0.2, 0) is 11.3 Å². The van der Waals surface area contributed by atoms with Gasteiger partial charge in [-0.25, -0.2) is 0 Å². The molecule has 1 fully saturated rings. The van der Waals surface area contributed by atoms with Crippen LogP contribution in [0.3, 0.4) is 0 Å². The number of H-pyrrole nitrogens is 1. The number of benzene rings is 1. The van der Waals surface area contributed by atoms with Crippen LogP contribution in [0.15, 0.2) is 18.2 Å². The summed E-state index contributed by atoms with van der Waals surface area (Å²) in [6, 6.07) is 6.29. The SMILES string of the molecule is Cc1cccc2[nH]c(=S)n(CC3CCOC3C)c12. The molecule has 3 nitrogen and oxygen atoms in total. The van der Waals surface area contributed by atoms with Crippen LogP contribution in [0, 0.1) is 17.6 Å². The van der Waals surface area contributed by atoms with Crippen molar-refractivity contribution in [3.63, 3.8) is 0 Å². The number of para-hydroxylation sites is 1. The van der Waals surface area contributed by atoms with Gasteiger partial charge >= 0.3 is 0 Å². The van der Waals surface area contributed by atoms with Crippen LogP contribution in [0.4, 0.5) is 0 Å². The van der Waals surface area contributed by atoms with Crippen molar-refractivity contribution in [1.29, 1.82) is 0 Å². The first-order chi connectivity index (χ1) is 8.66. The third-order valence-electron chi connectivity index (χ3n) is 3.94. The van der Waals surface area contributed by atoms with Crippen molar-refractivity contribution >= 4 is 23.3 Å². The van der Waals surface area contributed by atoms with E-state index in [9.17, 15) is 0 Å². The van der Waals surface area contributed by atoms with Crippen LogP contribution < -0.4 is 0 Å². The zero-order chi connectivity index (χ0) is 12.7. The van der Waals surface area contributed by atoms with Crippen LogP contribution in [0.5, 0.6) is 0 Å². The van der Waals surface area contributed by atoms with Gasteiger partial charge in [0.05, 0.1) is 17.1 Å². The molecule has 18 heavy (non-hydrogen) atoms. The van der Waals surface area contributed by atoms with Gasteiger partial charge in [-0.05, 0) is 44.1 Å². The maximum absolute atomic E-state index is 5.64. The number of aromatic nitrogens is 2. The maximum Gasteiger partial charge on any atom is 0.178 e. The number of aromatic amines is 1. The Morgan fingerprint density at radius 1 is 1.50 bits per heavy atom. The average molecular weight is 262 g/mol. The smallest absolute Gasteiger partial charge is 0.178 e. The van der Waals surface area contributed by atoms with Crippen molar-refractivity contribution < 1.29 is 4.74 Å². The summed E-state index contributed by atoms with van der Waals surface area (Å²) in [6.45, 7) is 6.12. The van der Waals surface area contributed by atoms with Gasteiger partial charge in [0.2, 0.25) is 0 Å². The third-order valence-corrected chi connectivity index (χ3v) is 4.27. The summed E-state index contributed by atoms with van der Waals surface area (Å²) in [5.41, 5.74) is 3.64. The fourth-order valence-electron chi connectivity index (χ4n) is 2.83. The number of fused-ring (bicyclic) bond motifs is 1. The Morgan fingerprint density at radius 2 is 2.33 bits per heavy atom. The Hall–Kier alpha value is -1.13. The van der Waals surface area contributed by atoms with E-state index in [0.29, 0.717) is 12.0 Å². The zero-order valence-electron chi connectivity index (χ0n) is 10.8. The highest BCUT2D eigenvalue weighted by molar-refractivity contribution is 7.71. The number of hydrogen-bond acceptors (Lipinski definition) is 2. The summed E-state index contributed by atoms with van der Waals surface area (Å²) >= 11 is 5.45. The van der Waals surface area contributed by atoms with E-state index >= 15 is 0 Å². The monoisotopic (exact) mass is 262 g/mol. The second kappa shape index (κ2) is 4.52. The topological polar surface area (TPSA) is 29.9 Å². The number of imidazole rings is 1. The van der Waals surface area contributed by atoms with E-state index in [2.05, 4.69) is 41.6 Å². The minimum absolute atomic E-state index is 0.334. The van der Waals surface area contributed by atoms with Gasteiger partial charge in [-0.1, -0.05) is 12.1 Å². The summed E-state index contributed by atoms with van der Waals surface area (Å²) in [5.74, 6) is 0.565. The lowest BCUT2D eigenvalue weighted by Gasteiger charge is -2.15. The molecular formula is C14H18N2OS. The van der Waals surface area contributed by atoms with Crippen molar-refractivity contribution in [2.45, 2.75) is 32.9 Å². The van der Waals surface area contributed by atoms with Gasteiger partial charge in [0.1, 0.15) is 0 Å². The molecule has 96 valence electrons. The number of nitrogens with zero attached hydrogens (tertiary/aromatic N) is 1. The third kappa shape index (κ3) is 1.89. The highest BCUT2D eigenvalue weighted by Gasteiger charge is 2.25. The molecule has 0 radical (unpaired) electrons. The van der Waals surface area contributed by atoms with Gasteiger partial charge in [0.15, 0.2) is 4.77 Å². The quantitative estimate of drug-likeness (QED) is 0.840. The summed E-state index contributed by atoms with van der Waals surface area (Å²) in [4.78, 5) is 3.29. The molecule has 2 unspecified atom stereocenters. The molecule has 1 aromatic heterocycles. The van der Waals surface area contributed by atoms with Crippen molar-refractivity contribution in [1.82, 2.24) is 9.55 Å². The largest absolute Gasteiger partial charge is 0.378 e. The number of aryl methyl sites for hydroxylation is 1. The van der Waals surface area contributed by atoms with E-state index in [1.54, 1.807) is 0 Å². The van der Waals surface area contributed by atoms with E-state index < -0.39 is 0 Å². The highest BCUT2D eigenvalue weighted by atomic mass is 32.1. The first kappa shape index (κ1) is 11.9. The lowest BCUT2D eigenvalue weighted by Crippen LogP contribution is -2.18. The molecule has 1 aliphatic heterocycles. The molecule has 2 aromatic rings. The number of nitrogens with one attached hydrogen (secondary N) is 1. The summed E-state index contributed by atoms with van der Waals surface area (Å²) in [5, 5.41) is 0. The molecule has 0 saturated carbocycles. The lowest BCUT2D eigenvalue weighted by molar-refractivity contribution is 0.102. The van der Waals surface area contributed by atoms with Gasteiger partial charge in [-0.15, -0.1) is 0 Å². The van der Waals surface area contributed by atoms with E-state index in [-0.39, 0.29) is 0 Å². The molecule has 1 N–H and O–H groups in total. The second-order valence-corrected chi connectivity index (χ2v) is 5.52. The Labute approximate surface area is 112 Å². The average Bonchev–Trinajstić information content (AvgIpc) is 2.86. The Kier molecular flexibility index (Phi) is 2.99. The number of hydrogen-bond donors (Lipinski definition) is 1. The van der Waals surface area contributed by atoms with E-state index in [4.69, 9.17) is 17.0 Å². The maximum atomic E-state index is 5.64. The molecule has 4 heteroatoms. The Morgan fingerprint density at radius 3 is 3.06 bits per heavy atom. The van der Waals surface area contributed by atoms with Gasteiger partial charge in [-0.3, -0.25) is 0 Å². The zero-order valence-corrected chi connectivity index (χ0v) is 11.6. The predicted molar refractivity (Wildman–Crippen MR) is 75.4 cm³/mol.